The van der Waals surface area contributed by atoms with Gasteiger partial charge in [0.05, 0.1) is 5.70 Å². The normalized spacial score (nSPS) is 14.8. The predicted molar refractivity (Wildman–Crippen MR) is 64.8 cm³/mol. The third kappa shape index (κ3) is 2.75. The Kier molecular flexibility index (Phi) is 3.60. The van der Waals surface area contributed by atoms with Crippen LogP contribution in [0.4, 0.5) is 0 Å². The monoisotopic (exact) mass is 228 g/mol. The molecule has 87 valence electrons. The van der Waals surface area contributed by atoms with Gasteiger partial charge in [-0.1, -0.05) is 37.3 Å². The van der Waals surface area contributed by atoms with Crippen molar-refractivity contribution in [2.45, 2.75) is 20.0 Å². The van der Waals surface area contributed by atoms with E-state index in [-0.39, 0.29) is 5.78 Å². The summed E-state index contributed by atoms with van der Waals surface area (Å²) in [6.45, 7) is 2.35. The van der Waals surface area contributed by atoms with Crippen LogP contribution in [0, 0.1) is 0 Å². The number of hydrogen-bond donors (Lipinski definition) is 0. The van der Waals surface area contributed by atoms with Crippen LogP contribution in [0.1, 0.15) is 18.9 Å². The Morgan fingerprint density at radius 3 is 2.71 bits per heavy atom. The Bertz CT molecular complexity index is 460. The molecule has 1 heterocycles. The number of ketones is 1. The minimum Gasteiger partial charge on any atom is -0.483 e. The Hall–Kier alpha value is -2.03. The topological polar surface area (TPSA) is 40.4 Å². The maximum Gasteiger partial charge on any atom is 0.223 e. The van der Waals surface area contributed by atoms with Crippen molar-refractivity contribution in [3.63, 3.8) is 0 Å². The first-order valence-electron chi connectivity index (χ1n) is 5.63. The van der Waals surface area contributed by atoms with Crippen molar-refractivity contribution in [1.82, 2.24) is 5.32 Å². The zero-order chi connectivity index (χ0) is 12.1. The quantitative estimate of drug-likeness (QED) is 0.794. The number of rotatable bonds is 4. The SMILES string of the molecule is CCC1=C(OCc2ccccc2)C(=O)C=C[N]1. The third-order valence-corrected chi connectivity index (χ3v) is 2.50. The summed E-state index contributed by atoms with van der Waals surface area (Å²) in [4.78, 5) is 11.7. The second-order valence-corrected chi connectivity index (χ2v) is 3.71. The van der Waals surface area contributed by atoms with E-state index < -0.39 is 0 Å². The van der Waals surface area contributed by atoms with Gasteiger partial charge in [0.25, 0.3) is 0 Å². The number of allylic oxidation sites excluding steroid dienone is 2. The molecule has 0 atom stereocenters. The predicted octanol–water partition coefficient (Wildman–Crippen LogP) is 2.53. The highest BCUT2D eigenvalue weighted by Gasteiger charge is 2.18. The Labute approximate surface area is 101 Å². The zero-order valence-electron chi connectivity index (χ0n) is 9.72. The molecule has 0 amide bonds. The van der Waals surface area contributed by atoms with Gasteiger partial charge in [0, 0.05) is 12.3 Å². The van der Waals surface area contributed by atoms with Crippen LogP contribution in [-0.2, 0) is 16.1 Å². The van der Waals surface area contributed by atoms with Crippen molar-refractivity contribution < 1.29 is 9.53 Å². The lowest BCUT2D eigenvalue weighted by molar-refractivity contribution is -0.115. The zero-order valence-corrected chi connectivity index (χ0v) is 9.72. The highest BCUT2D eigenvalue weighted by Crippen LogP contribution is 2.16. The molecule has 1 aromatic rings. The molecule has 17 heavy (non-hydrogen) atoms. The van der Waals surface area contributed by atoms with E-state index in [9.17, 15) is 4.79 Å². The van der Waals surface area contributed by atoms with E-state index in [1.165, 1.54) is 12.3 Å². The summed E-state index contributed by atoms with van der Waals surface area (Å²) in [5, 5.41) is 4.15. The molecule has 2 rings (SSSR count). The van der Waals surface area contributed by atoms with E-state index in [2.05, 4.69) is 5.32 Å². The molecule has 0 spiro atoms. The summed E-state index contributed by atoms with van der Waals surface area (Å²) in [5.74, 6) is 0.270. The number of carbonyl (C=O) groups is 1. The van der Waals surface area contributed by atoms with E-state index in [1.54, 1.807) is 0 Å². The van der Waals surface area contributed by atoms with Gasteiger partial charge in [-0.3, -0.25) is 10.1 Å². The Balaban J connectivity index is 2.07. The number of carbonyl (C=O) groups excluding carboxylic acids is 1. The van der Waals surface area contributed by atoms with Gasteiger partial charge in [0.2, 0.25) is 5.78 Å². The van der Waals surface area contributed by atoms with Gasteiger partial charge >= 0.3 is 0 Å². The van der Waals surface area contributed by atoms with Gasteiger partial charge in [-0.2, -0.15) is 0 Å². The Morgan fingerprint density at radius 1 is 1.24 bits per heavy atom. The number of nitrogens with zero attached hydrogens (tertiary/aromatic N) is 1. The molecule has 1 aromatic carbocycles. The maximum atomic E-state index is 11.7. The van der Waals surface area contributed by atoms with Crippen LogP contribution < -0.4 is 5.32 Å². The van der Waals surface area contributed by atoms with Crippen LogP contribution in [0.25, 0.3) is 0 Å². The molecular formula is C14H14NO2. The van der Waals surface area contributed by atoms with Crippen LogP contribution in [-0.4, -0.2) is 5.78 Å². The molecule has 0 aromatic heterocycles. The van der Waals surface area contributed by atoms with Crippen LogP contribution in [0.2, 0.25) is 0 Å². The molecular weight excluding hydrogens is 214 g/mol. The van der Waals surface area contributed by atoms with Gasteiger partial charge in [0.1, 0.15) is 6.61 Å². The largest absolute Gasteiger partial charge is 0.483 e. The van der Waals surface area contributed by atoms with E-state index in [4.69, 9.17) is 4.74 Å². The average Bonchev–Trinajstić information content (AvgIpc) is 2.38. The highest BCUT2D eigenvalue weighted by molar-refractivity contribution is 6.03. The molecule has 1 aliphatic heterocycles. The lowest BCUT2D eigenvalue weighted by Gasteiger charge is -2.15. The molecule has 0 N–H and O–H groups in total. The van der Waals surface area contributed by atoms with Crippen molar-refractivity contribution >= 4 is 5.78 Å². The number of benzene rings is 1. The van der Waals surface area contributed by atoms with Crippen molar-refractivity contribution in [3.8, 4) is 0 Å². The van der Waals surface area contributed by atoms with Crippen molar-refractivity contribution in [2.75, 3.05) is 0 Å². The molecule has 0 unspecified atom stereocenters. The molecule has 1 radical (unpaired) electrons. The van der Waals surface area contributed by atoms with Gasteiger partial charge in [-0.15, -0.1) is 0 Å². The summed E-state index contributed by atoms with van der Waals surface area (Å²) < 4.78 is 5.57. The van der Waals surface area contributed by atoms with Crippen LogP contribution >= 0.6 is 0 Å². The maximum absolute atomic E-state index is 11.7. The van der Waals surface area contributed by atoms with Crippen molar-refractivity contribution in [1.29, 1.82) is 0 Å². The van der Waals surface area contributed by atoms with E-state index in [0.717, 1.165) is 5.56 Å². The molecule has 0 saturated carbocycles. The van der Waals surface area contributed by atoms with Gasteiger partial charge in [-0.25, -0.2) is 0 Å². The molecule has 0 bridgehead atoms. The fraction of sp³-hybridized carbons (Fsp3) is 0.214. The molecule has 3 nitrogen and oxygen atoms in total. The average molecular weight is 228 g/mol. The Morgan fingerprint density at radius 2 is 2.00 bits per heavy atom. The van der Waals surface area contributed by atoms with E-state index >= 15 is 0 Å². The third-order valence-electron chi connectivity index (χ3n) is 2.50. The number of hydrogen-bond acceptors (Lipinski definition) is 2. The molecule has 0 saturated heterocycles. The smallest absolute Gasteiger partial charge is 0.223 e. The van der Waals surface area contributed by atoms with Crippen LogP contribution in [0.3, 0.4) is 0 Å². The molecule has 0 fully saturated rings. The summed E-state index contributed by atoms with van der Waals surface area (Å²) in [6, 6.07) is 9.77. The fourth-order valence-electron chi connectivity index (χ4n) is 1.61. The fourth-order valence-corrected chi connectivity index (χ4v) is 1.61. The lowest BCUT2D eigenvalue weighted by Crippen LogP contribution is -2.15. The first-order chi connectivity index (χ1) is 8.31. The van der Waals surface area contributed by atoms with Gasteiger partial charge in [-0.05, 0) is 12.0 Å². The second kappa shape index (κ2) is 5.34. The first-order valence-corrected chi connectivity index (χ1v) is 5.63. The standard InChI is InChI=1S/C14H14NO2/c1-2-12-14(13(16)8-9-15-12)17-10-11-6-4-3-5-7-11/h3-9H,2,10H2,1H3. The highest BCUT2D eigenvalue weighted by atomic mass is 16.5. The minimum atomic E-state index is -0.104. The van der Waals surface area contributed by atoms with Crippen LogP contribution in [0.5, 0.6) is 0 Å². The minimum absolute atomic E-state index is 0.104. The summed E-state index contributed by atoms with van der Waals surface area (Å²) in [6.07, 6.45) is 3.65. The van der Waals surface area contributed by atoms with Crippen LogP contribution in [0.15, 0.2) is 54.1 Å². The summed E-state index contributed by atoms with van der Waals surface area (Å²) in [5.41, 5.74) is 1.76. The van der Waals surface area contributed by atoms with E-state index in [1.807, 2.05) is 37.3 Å². The second-order valence-electron chi connectivity index (χ2n) is 3.71. The summed E-state index contributed by atoms with van der Waals surface area (Å²) >= 11 is 0. The van der Waals surface area contributed by atoms with Gasteiger partial charge < -0.3 is 4.74 Å². The lowest BCUT2D eigenvalue weighted by atomic mass is 10.1. The van der Waals surface area contributed by atoms with Crippen molar-refractivity contribution in [3.05, 3.63) is 59.6 Å². The number of ether oxygens (including phenoxy) is 1. The van der Waals surface area contributed by atoms with E-state index in [0.29, 0.717) is 24.5 Å². The molecule has 0 aliphatic carbocycles. The molecule has 1 aliphatic rings. The molecule has 3 heteroatoms. The van der Waals surface area contributed by atoms with Crippen molar-refractivity contribution in [2.24, 2.45) is 0 Å². The van der Waals surface area contributed by atoms with Gasteiger partial charge in [0.15, 0.2) is 5.76 Å². The first kappa shape index (κ1) is 11.5. The summed E-state index contributed by atoms with van der Waals surface area (Å²) in [7, 11) is 0.